The SMILES string of the molecule is C/C(=C\NC(=O)NCC(=O)O)C1CCCC1. The van der Waals surface area contributed by atoms with Gasteiger partial charge in [0.15, 0.2) is 0 Å². The summed E-state index contributed by atoms with van der Waals surface area (Å²) in [6.45, 7) is 1.63. The van der Waals surface area contributed by atoms with E-state index in [0.29, 0.717) is 5.92 Å². The molecule has 0 radical (unpaired) electrons. The topological polar surface area (TPSA) is 78.4 Å². The molecule has 0 bridgehead atoms. The van der Waals surface area contributed by atoms with Gasteiger partial charge in [0.1, 0.15) is 6.54 Å². The van der Waals surface area contributed by atoms with Crippen LogP contribution in [-0.4, -0.2) is 23.7 Å². The zero-order valence-electron chi connectivity index (χ0n) is 9.45. The monoisotopic (exact) mass is 226 g/mol. The van der Waals surface area contributed by atoms with Gasteiger partial charge in [0.25, 0.3) is 0 Å². The van der Waals surface area contributed by atoms with E-state index in [2.05, 4.69) is 10.6 Å². The van der Waals surface area contributed by atoms with Crippen LogP contribution >= 0.6 is 0 Å². The highest BCUT2D eigenvalue weighted by molar-refractivity contribution is 5.80. The van der Waals surface area contributed by atoms with E-state index in [4.69, 9.17) is 5.11 Å². The lowest BCUT2D eigenvalue weighted by molar-refractivity contribution is -0.135. The quantitative estimate of drug-likeness (QED) is 0.679. The average Bonchev–Trinajstić information content (AvgIpc) is 2.76. The number of urea groups is 1. The predicted molar refractivity (Wildman–Crippen MR) is 59.9 cm³/mol. The molecule has 0 heterocycles. The van der Waals surface area contributed by atoms with Crippen molar-refractivity contribution in [2.24, 2.45) is 5.92 Å². The summed E-state index contributed by atoms with van der Waals surface area (Å²) in [6, 6.07) is -0.472. The van der Waals surface area contributed by atoms with E-state index in [1.165, 1.54) is 25.7 Å². The first-order valence-corrected chi connectivity index (χ1v) is 5.52. The molecule has 1 aliphatic rings. The van der Waals surface area contributed by atoms with Crippen LogP contribution in [0.5, 0.6) is 0 Å². The molecule has 1 aliphatic carbocycles. The van der Waals surface area contributed by atoms with Gasteiger partial charge in [-0.3, -0.25) is 4.79 Å². The number of carbonyl (C=O) groups excluding carboxylic acids is 1. The number of aliphatic carboxylic acids is 1. The normalized spacial score (nSPS) is 17.2. The molecule has 5 nitrogen and oxygen atoms in total. The van der Waals surface area contributed by atoms with Crippen LogP contribution in [0.1, 0.15) is 32.6 Å². The van der Waals surface area contributed by atoms with E-state index in [0.717, 1.165) is 5.57 Å². The lowest BCUT2D eigenvalue weighted by Gasteiger charge is -2.09. The van der Waals surface area contributed by atoms with Crippen LogP contribution < -0.4 is 10.6 Å². The molecule has 0 aromatic heterocycles. The fraction of sp³-hybridized carbons (Fsp3) is 0.636. The molecule has 16 heavy (non-hydrogen) atoms. The first-order valence-electron chi connectivity index (χ1n) is 5.52. The second kappa shape index (κ2) is 6.15. The van der Waals surface area contributed by atoms with Crippen molar-refractivity contribution in [2.75, 3.05) is 6.54 Å². The molecule has 0 unspecified atom stereocenters. The molecule has 0 aromatic rings. The summed E-state index contributed by atoms with van der Waals surface area (Å²) < 4.78 is 0. The number of carbonyl (C=O) groups is 2. The molecule has 0 saturated heterocycles. The smallest absolute Gasteiger partial charge is 0.323 e. The van der Waals surface area contributed by atoms with E-state index >= 15 is 0 Å². The van der Waals surface area contributed by atoms with Crippen LogP contribution in [0.4, 0.5) is 4.79 Å². The maximum Gasteiger partial charge on any atom is 0.323 e. The number of hydrogen-bond acceptors (Lipinski definition) is 2. The number of allylic oxidation sites excluding steroid dienone is 1. The molecular weight excluding hydrogens is 208 g/mol. The van der Waals surface area contributed by atoms with Crippen molar-refractivity contribution < 1.29 is 14.7 Å². The summed E-state index contributed by atoms with van der Waals surface area (Å²) in [4.78, 5) is 21.3. The fourth-order valence-corrected chi connectivity index (χ4v) is 1.89. The van der Waals surface area contributed by atoms with E-state index in [-0.39, 0.29) is 6.54 Å². The van der Waals surface area contributed by atoms with E-state index < -0.39 is 12.0 Å². The first kappa shape index (κ1) is 12.5. The number of carboxylic acids is 1. The minimum atomic E-state index is -1.05. The standard InChI is InChI=1S/C11H18N2O3/c1-8(9-4-2-3-5-9)6-12-11(16)13-7-10(14)15/h6,9H,2-5,7H2,1H3,(H,14,15)(H2,12,13,16)/b8-6+. The van der Waals surface area contributed by atoms with Crippen LogP contribution in [0.3, 0.4) is 0 Å². The molecule has 0 spiro atoms. The van der Waals surface area contributed by atoms with Gasteiger partial charge in [0, 0.05) is 6.20 Å². The third kappa shape index (κ3) is 4.33. The van der Waals surface area contributed by atoms with Gasteiger partial charge in [-0.2, -0.15) is 0 Å². The Hall–Kier alpha value is -1.52. The molecule has 0 aliphatic heterocycles. The van der Waals surface area contributed by atoms with Crippen LogP contribution in [0.25, 0.3) is 0 Å². The van der Waals surface area contributed by atoms with Gasteiger partial charge >= 0.3 is 12.0 Å². The molecular formula is C11H18N2O3. The third-order valence-corrected chi connectivity index (χ3v) is 2.83. The lowest BCUT2D eigenvalue weighted by Crippen LogP contribution is -2.36. The van der Waals surface area contributed by atoms with Gasteiger partial charge in [-0.05, 0) is 25.7 Å². The number of amides is 2. The van der Waals surface area contributed by atoms with E-state index in [1.807, 2.05) is 6.92 Å². The minimum Gasteiger partial charge on any atom is -0.480 e. The second-order valence-corrected chi connectivity index (χ2v) is 4.09. The first-order chi connectivity index (χ1) is 7.59. The van der Waals surface area contributed by atoms with E-state index in [9.17, 15) is 9.59 Å². The zero-order valence-corrected chi connectivity index (χ0v) is 9.45. The molecule has 1 rings (SSSR count). The highest BCUT2D eigenvalue weighted by atomic mass is 16.4. The summed E-state index contributed by atoms with van der Waals surface area (Å²) in [6.07, 6.45) is 6.54. The van der Waals surface area contributed by atoms with Crippen molar-refractivity contribution in [3.8, 4) is 0 Å². The van der Waals surface area contributed by atoms with Gasteiger partial charge in [-0.1, -0.05) is 18.4 Å². The Kier molecular flexibility index (Phi) is 4.82. The molecule has 2 amide bonds. The molecule has 1 fully saturated rings. The molecule has 90 valence electrons. The van der Waals surface area contributed by atoms with Crippen molar-refractivity contribution in [1.29, 1.82) is 0 Å². The number of rotatable bonds is 4. The molecule has 3 N–H and O–H groups in total. The number of hydrogen-bond donors (Lipinski definition) is 3. The second-order valence-electron chi connectivity index (χ2n) is 4.09. The number of nitrogens with one attached hydrogen (secondary N) is 2. The van der Waals surface area contributed by atoms with Gasteiger partial charge in [-0.25, -0.2) is 4.79 Å². The maximum atomic E-state index is 11.1. The lowest BCUT2D eigenvalue weighted by atomic mass is 10.0. The number of carboxylic acid groups (broad SMARTS) is 1. The summed E-state index contributed by atoms with van der Waals surface area (Å²) >= 11 is 0. The Balaban J connectivity index is 2.28. The van der Waals surface area contributed by atoms with Crippen molar-refractivity contribution in [1.82, 2.24) is 10.6 Å². The third-order valence-electron chi connectivity index (χ3n) is 2.83. The summed E-state index contributed by atoms with van der Waals surface area (Å²) in [7, 11) is 0. The van der Waals surface area contributed by atoms with Gasteiger partial charge in [-0.15, -0.1) is 0 Å². The molecule has 1 saturated carbocycles. The van der Waals surface area contributed by atoms with Crippen LogP contribution in [0, 0.1) is 5.92 Å². The Morgan fingerprint density at radius 2 is 2.00 bits per heavy atom. The van der Waals surface area contributed by atoms with Crippen molar-refractivity contribution >= 4 is 12.0 Å². The van der Waals surface area contributed by atoms with Crippen molar-refractivity contribution in [2.45, 2.75) is 32.6 Å². The van der Waals surface area contributed by atoms with E-state index in [1.54, 1.807) is 6.20 Å². The predicted octanol–water partition coefficient (Wildman–Crippen LogP) is 1.46. The highest BCUT2D eigenvalue weighted by Gasteiger charge is 2.16. The minimum absolute atomic E-state index is 0.359. The molecule has 0 aromatic carbocycles. The van der Waals surface area contributed by atoms with Crippen LogP contribution in [-0.2, 0) is 4.79 Å². The zero-order chi connectivity index (χ0) is 12.0. The fourth-order valence-electron chi connectivity index (χ4n) is 1.89. The largest absolute Gasteiger partial charge is 0.480 e. The summed E-state index contributed by atoms with van der Waals surface area (Å²) in [5.41, 5.74) is 1.16. The van der Waals surface area contributed by atoms with Crippen molar-refractivity contribution in [3.63, 3.8) is 0 Å². The Morgan fingerprint density at radius 1 is 1.38 bits per heavy atom. The average molecular weight is 226 g/mol. The maximum absolute atomic E-state index is 11.1. The molecule has 0 atom stereocenters. The highest BCUT2D eigenvalue weighted by Crippen LogP contribution is 2.30. The Bertz CT molecular complexity index is 294. The van der Waals surface area contributed by atoms with Crippen molar-refractivity contribution in [3.05, 3.63) is 11.8 Å². The van der Waals surface area contributed by atoms with Crippen LogP contribution in [0.15, 0.2) is 11.8 Å². The van der Waals surface area contributed by atoms with Gasteiger partial charge < -0.3 is 15.7 Å². The summed E-state index contributed by atoms with van der Waals surface area (Å²) in [5, 5.41) is 13.1. The van der Waals surface area contributed by atoms with Gasteiger partial charge in [0.2, 0.25) is 0 Å². The molecule has 5 heteroatoms. The van der Waals surface area contributed by atoms with Gasteiger partial charge in [0.05, 0.1) is 0 Å². The summed E-state index contributed by atoms with van der Waals surface area (Å²) in [5.74, 6) is -0.480. The Morgan fingerprint density at radius 3 is 2.56 bits per heavy atom. The Labute approximate surface area is 94.9 Å². The van der Waals surface area contributed by atoms with Crippen LogP contribution in [0.2, 0.25) is 0 Å².